The average Bonchev–Trinajstić information content (AvgIpc) is 2.40. The molecule has 1 heterocycles. The van der Waals surface area contributed by atoms with Crippen molar-refractivity contribution in [3.8, 4) is 0 Å². The second kappa shape index (κ2) is 7.38. The number of benzene rings is 1. The van der Waals surface area contributed by atoms with Gasteiger partial charge in [0.1, 0.15) is 5.82 Å². The average molecular weight is 295 g/mol. The zero-order valence-corrected chi connectivity index (χ0v) is 12.4. The SMILES string of the molecule is C[C@H]1CN(CCNC(=O)Nc2ccc(F)cc2)C[C@H](C)O1. The predicted molar refractivity (Wildman–Crippen MR) is 79.9 cm³/mol. The van der Waals surface area contributed by atoms with Gasteiger partial charge in [-0.3, -0.25) is 4.90 Å². The summed E-state index contributed by atoms with van der Waals surface area (Å²) in [6.07, 6.45) is 0.448. The van der Waals surface area contributed by atoms with Crippen molar-refractivity contribution >= 4 is 11.7 Å². The Morgan fingerprint density at radius 2 is 1.90 bits per heavy atom. The van der Waals surface area contributed by atoms with E-state index in [0.717, 1.165) is 19.6 Å². The lowest BCUT2D eigenvalue weighted by molar-refractivity contribution is -0.0672. The molecular formula is C15H22FN3O2. The number of ether oxygens (including phenoxy) is 1. The molecule has 0 saturated carbocycles. The third-order valence-corrected chi connectivity index (χ3v) is 3.31. The maximum absolute atomic E-state index is 12.8. The Morgan fingerprint density at radius 3 is 2.52 bits per heavy atom. The van der Waals surface area contributed by atoms with E-state index in [0.29, 0.717) is 12.2 Å². The minimum Gasteiger partial charge on any atom is -0.373 e. The van der Waals surface area contributed by atoms with Gasteiger partial charge in [0.15, 0.2) is 0 Å². The van der Waals surface area contributed by atoms with Gasteiger partial charge in [-0.1, -0.05) is 0 Å². The Hall–Kier alpha value is -1.66. The first-order valence-corrected chi connectivity index (χ1v) is 7.21. The van der Waals surface area contributed by atoms with Crippen LogP contribution in [0.5, 0.6) is 0 Å². The van der Waals surface area contributed by atoms with Gasteiger partial charge in [-0.25, -0.2) is 9.18 Å². The van der Waals surface area contributed by atoms with Crippen LogP contribution in [-0.2, 0) is 4.74 Å². The van der Waals surface area contributed by atoms with Gasteiger partial charge in [0, 0.05) is 31.9 Å². The van der Waals surface area contributed by atoms with E-state index >= 15 is 0 Å². The Bertz CT molecular complexity index is 456. The Balaban J connectivity index is 1.68. The van der Waals surface area contributed by atoms with Crippen molar-refractivity contribution in [3.05, 3.63) is 30.1 Å². The first-order chi connectivity index (χ1) is 10.0. The van der Waals surface area contributed by atoms with E-state index in [2.05, 4.69) is 29.4 Å². The minimum absolute atomic E-state index is 0.224. The van der Waals surface area contributed by atoms with Crippen LogP contribution in [0.15, 0.2) is 24.3 Å². The van der Waals surface area contributed by atoms with Crippen molar-refractivity contribution in [3.63, 3.8) is 0 Å². The highest BCUT2D eigenvalue weighted by Gasteiger charge is 2.21. The van der Waals surface area contributed by atoms with Crippen molar-refractivity contribution in [2.45, 2.75) is 26.1 Å². The molecule has 6 heteroatoms. The van der Waals surface area contributed by atoms with Gasteiger partial charge in [-0.15, -0.1) is 0 Å². The zero-order valence-electron chi connectivity index (χ0n) is 12.4. The van der Waals surface area contributed by atoms with Crippen molar-refractivity contribution in [2.75, 3.05) is 31.5 Å². The molecule has 0 spiro atoms. The van der Waals surface area contributed by atoms with E-state index in [1.54, 1.807) is 0 Å². The molecule has 1 fully saturated rings. The van der Waals surface area contributed by atoms with Gasteiger partial charge < -0.3 is 15.4 Å². The molecule has 1 aliphatic heterocycles. The lowest BCUT2D eigenvalue weighted by Gasteiger charge is -2.35. The summed E-state index contributed by atoms with van der Waals surface area (Å²) >= 11 is 0. The number of amides is 2. The number of urea groups is 1. The number of hydrogen-bond donors (Lipinski definition) is 2. The Labute approximate surface area is 124 Å². The van der Waals surface area contributed by atoms with Crippen LogP contribution >= 0.6 is 0 Å². The van der Waals surface area contributed by atoms with Crippen LogP contribution in [0, 0.1) is 5.82 Å². The Morgan fingerprint density at radius 1 is 1.29 bits per heavy atom. The number of nitrogens with zero attached hydrogens (tertiary/aromatic N) is 1. The number of morpholine rings is 1. The van der Waals surface area contributed by atoms with Crippen molar-refractivity contribution < 1.29 is 13.9 Å². The Kier molecular flexibility index (Phi) is 5.52. The molecule has 0 aromatic heterocycles. The van der Waals surface area contributed by atoms with Gasteiger partial charge in [0.25, 0.3) is 0 Å². The molecule has 0 radical (unpaired) electrons. The molecule has 1 aromatic carbocycles. The van der Waals surface area contributed by atoms with Crippen LogP contribution in [0.25, 0.3) is 0 Å². The van der Waals surface area contributed by atoms with E-state index in [-0.39, 0.29) is 24.1 Å². The van der Waals surface area contributed by atoms with Gasteiger partial charge in [-0.2, -0.15) is 0 Å². The minimum atomic E-state index is -0.323. The summed E-state index contributed by atoms with van der Waals surface area (Å²) in [7, 11) is 0. The number of rotatable bonds is 4. The van der Waals surface area contributed by atoms with Gasteiger partial charge in [0.05, 0.1) is 12.2 Å². The highest BCUT2D eigenvalue weighted by molar-refractivity contribution is 5.89. The van der Waals surface area contributed by atoms with E-state index in [1.165, 1.54) is 24.3 Å². The molecule has 1 aromatic rings. The van der Waals surface area contributed by atoms with E-state index in [1.807, 2.05) is 0 Å². The van der Waals surface area contributed by atoms with Gasteiger partial charge >= 0.3 is 6.03 Å². The maximum Gasteiger partial charge on any atom is 0.319 e. The zero-order chi connectivity index (χ0) is 15.2. The molecule has 2 N–H and O–H groups in total. The van der Waals surface area contributed by atoms with Gasteiger partial charge in [0.2, 0.25) is 0 Å². The summed E-state index contributed by atoms with van der Waals surface area (Å²) in [5.74, 6) is -0.323. The third-order valence-electron chi connectivity index (χ3n) is 3.31. The maximum atomic E-state index is 12.8. The fourth-order valence-corrected chi connectivity index (χ4v) is 2.50. The first-order valence-electron chi connectivity index (χ1n) is 7.21. The summed E-state index contributed by atoms with van der Waals surface area (Å²) in [5, 5.41) is 5.46. The number of carbonyl (C=O) groups excluding carboxylic acids is 1. The molecule has 1 saturated heterocycles. The number of hydrogen-bond acceptors (Lipinski definition) is 3. The van der Waals surface area contributed by atoms with E-state index in [4.69, 9.17) is 4.74 Å². The quantitative estimate of drug-likeness (QED) is 0.894. The molecule has 0 unspecified atom stereocenters. The molecule has 116 valence electrons. The monoisotopic (exact) mass is 295 g/mol. The number of anilines is 1. The highest BCUT2D eigenvalue weighted by Crippen LogP contribution is 2.10. The largest absolute Gasteiger partial charge is 0.373 e. The summed E-state index contributed by atoms with van der Waals surface area (Å²) in [6, 6.07) is 5.40. The van der Waals surface area contributed by atoms with Crippen LogP contribution in [0.2, 0.25) is 0 Å². The second-order valence-corrected chi connectivity index (χ2v) is 5.40. The van der Waals surface area contributed by atoms with E-state index in [9.17, 15) is 9.18 Å². The third kappa shape index (κ3) is 5.32. The lowest BCUT2D eigenvalue weighted by Crippen LogP contribution is -2.48. The van der Waals surface area contributed by atoms with Crippen molar-refractivity contribution in [2.24, 2.45) is 0 Å². The molecule has 2 rings (SSSR count). The van der Waals surface area contributed by atoms with Gasteiger partial charge in [-0.05, 0) is 38.1 Å². The number of nitrogens with one attached hydrogen (secondary N) is 2. The summed E-state index contributed by atoms with van der Waals surface area (Å²) in [5.41, 5.74) is 0.572. The van der Waals surface area contributed by atoms with Crippen LogP contribution in [-0.4, -0.2) is 49.3 Å². The summed E-state index contributed by atoms with van der Waals surface area (Å²) < 4.78 is 18.4. The lowest BCUT2D eigenvalue weighted by atomic mass is 10.2. The molecule has 1 aliphatic rings. The molecule has 0 bridgehead atoms. The normalized spacial score (nSPS) is 22.8. The summed E-state index contributed by atoms with van der Waals surface area (Å²) in [6.45, 7) is 7.22. The fraction of sp³-hybridized carbons (Fsp3) is 0.533. The topological polar surface area (TPSA) is 53.6 Å². The number of halogens is 1. The van der Waals surface area contributed by atoms with Crippen LogP contribution in [0.4, 0.5) is 14.9 Å². The predicted octanol–water partition coefficient (Wildman–Crippen LogP) is 2.06. The van der Waals surface area contributed by atoms with Crippen LogP contribution < -0.4 is 10.6 Å². The highest BCUT2D eigenvalue weighted by atomic mass is 19.1. The fourth-order valence-electron chi connectivity index (χ4n) is 2.50. The number of carbonyl (C=O) groups is 1. The molecule has 0 aliphatic carbocycles. The standard InChI is InChI=1S/C15H22FN3O2/c1-11-9-19(10-12(2)21-11)8-7-17-15(20)18-14-5-3-13(16)4-6-14/h3-6,11-12H,7-10H2,1-2H3,(H2,17,18,20)/t11-,12-/m0/s1. The molecule has 2 atom stereocenters. The van der Waals surface area contributed by atoms with Crippen LogP contribution in [0.1, 0.15) is 13.8 Å². The first kappa shape index (κ1) is 15.7. The van der Waals surface area contributed by atoms with Crippen molar-refractivity contribution in [1.82, 2.24) is 10.2 Å². The molecular weight excluding hydrogens is 273 g/mol. The molecule has 2 amide bonds. The van der Waals surface area contributed by atoms with Crippen LogP contribution in [0.3, 0.4) is 0 Å². The summed E-state index contributed by atoms with van der Waals surface area (Å²) in [4.78, 5) is 14.0. The van der Waals surface area contributed by atoms with Crippen molar-refractivity contribution in [1.29, 1.82) is 0 Å². The molecule has 21 heavy (non-hydrogen) atoms. The van der Waals surface area contributed by atoms with E-state index < -0.39 is 0 Å². The molecule has 5 nitrogen and oxygen atoms in total. The smallest absolute Gasteiger partial charge is 0.319 e. The second-order valence-electron chi connectivity index (χ2n) is 5.40.